The van der Waals surface area contributed by atoms with Gasteiger partial charge in [0, 0.05) is 105 Å². The lowest BCUT2D eigenvalue weighted by molar-refractivity contribution is -0.141. The van der Waals surface area contributed by atoms with Gasteiger partial charge in [-0.2, -0.15) is 0 Å². The molecule has 1 spiro atoms. The van der Waals surface area contributed by atoms with Crippen molar-refractivity contribution in [2.75, 3.05) is 91.2 Å². The Morgan fingerprint density at radius 1 is 0.963 bits per heavy atom. The fraction of sp³-hybridized carbons (Fsp3) is 0.727. The molecule has 0 bridgehead atoms. The standard InChI is InChI=1S/C50H73N7O6.C9H19N.C7H13N/c1-9-55-42-15-14-37(27-38(42)40(28-50(6,7)30-63-31-58)47(55)39-26-33(4)29-52-44(39)34(5)61-8)54-22-16-36(17-23-54)45(49(60)57-21-11-13-43(57)51)53-48(59)46(32(2)3)56-20-10-12-41(56)35-18-24-62-25-19-35;1-3-7-10(8-4-2)9-5-6-9;1-8-5-7(6-8)3-2-4-7/h11,13-15,26-27,29,31-32,34-36,41,43,45-46H,9-10,12,16-25,28,30,51H2,1-8H3,(H,53,59);9H,3-8H2,1-2H3;2-6H2,1H3/t34?,41-,43?,45?,46?;;/m1../s1. The molecule has 15 nitrogen and oxygen atoms in total. The van der Waals surface area contributed by atoms with Crippen LogP contribution in [0.4, 0.5) is 5.69 Å². The van der Waals surface area contributed by atoms with E-state index in [0.29, 0.717) is 31.4 Å². The summed E-state index contributed by atoms with van der Waals surface area (Å²) >= 11 is 0. The van der Waals surface area contributed by atoms with Crippen LogP contribution >= 0.6 is 0 Å². The van der Waals surface area contributed by atoms with Gasteiger partial charge in [0.25, 0.3) is 6.47 Å². The molecule has 10 rings (SSSR count). The Kier molecular flexibility index (Phi) is 22.0. The topological polar surface area (TPSA) is 151 Å². The number of fused-ring (bicyclic) bond motifs is 1. The first-order valence-corrected chi connectivity index (χ1v) is 31.7. The number of methoxy groups -OCH3 is 1. The molecule has 81 heavy (non-hydrogen) atoms. The number of benzene rings is 1. The third-order valence-electron chi connectivity index (χ3n) is 19.1. The van der Waals surface area contributed by atoms with E-state index in [-0.39, 0.29) is 47.8 Å². The zero-order valence-corrected chi connectivity index (χ0v) is 51.9. The van der Waals surface area contributed by atoms with Gasteiger partial charge in [-0.05, 0) is 196 Å². The highest BCUT2D eigenvalue weighted by Gasteiger charge is 2.46. The molecule has 4 unspecified atom stereocenters. The van der Waals surface area contributed by atoms with Crippen molar-refractivity contribution in [3.8, 4) is 11.3 Å². The van der Waals surface area contributed by atoms with Gasteiger partial charge in [0.1, 0.15) is 6.04 Å². The highest BCUT2D eigenvalue weighted by atomic mass is 16.5. The average Bonchev–Trinajstić information content (AvgIpc) is 4.17. The number of hydrogen-bond donors (Lipinski definition) is 2. The van der Waals surface area contributed by atoms with Gasteiger partial charge in [-0.25, -0.2) is 0 Å². The maximum atomic E-state index is 14.7. The first kappa shape index (κ1) is 62.7. The van der Waals surface area contributed by atoms with Gasteiger partial charge in [0.15, 0.2) is 0 Å². The molecule has 7 aliphatic rings. The van der Waals surface area contributed by atoms with E-state index in [1.807, 2.05) is 25.3 Å². The molecular formula is C66H105N9O6. The lowest BCUT2D eigenvalue weighted by Gasteiger charge is -2.54. The Labute approximate surface area is 487 Å². The molecule has 7 heterocycles. The fourth-order valence-corrected chi connectivity index (χ4v) is 14.7. The largest absolute Gasteiger partial charge is 0.467 e. The van der Waals surface area contributed by atoms with E-state index >= 15 is 0 Å². The minimum absolute atomic E-state index is 0.0481. The number of anilines is 1. The Balaban J connectivity index is 0.000000401. The molecule has 5 aliphatic heterocycles. The van der Waals surface area contributed by atoms with Gasteiger partial charge < -0.3 is 49.4 Å². The number of pyridine rings is 1. The lowest BCUT2D eigenvalue weighted by atomic mass is 9.64. The second kappa shape index (κ2) is 28.5. The summed E-state index contributed by atoms with van der Waals surface area (Å²) in [5, 5.41) is 4.55. The number of aryl methyl sites for hydroxylation is 2. The minimum Gasteiger partial charge on any atom is -0.467 e. The molecule has 2 amide bonds. The normalized spacial score (nSPS) is 22.7. The Morgan fingerprint density at radius 2 is 1.67 bits per heavy atom. The SMILES string of the molecule is CCCN(CCC)C1CC1.CCn1c(-c2cc(C)cnc2C(C)OC)c(CC(C)(C)COC=O)c2cc(N3CCC(C(NC(=O)C(C(C)C)N4CCC[C@@H]4C4CCOCC4)C(=O)N4CC=CC4N)CC3)ccc21.CN1CC2(CCC2)C1. The first-order chi connectivity index (χ1) is 38.9. The van der Waals surface area contributed by atoms with Crippen LogP contribution in [0.1, 0.15) is 162 Å². The molecule has 3 N–H and O–H groups in total. The molecule has 2 aliphatic carbocycles. The summed E-state index contributed by atoms with van der Waals surface area (Å²) in [6, 6.07) is 9.31. The lowest BCUT2D eigenvalue weighted by Crippen LogP contribution is -2.61. The van der Waals surface area contributed by atoms with Gasteiger partial charge in [0.05, 0.1) is 36.3 Å². The van der Waals surface area contributed by atoms with Crippen LogP contribution in [0, 0.1) is 35.5 Å². The summed E-state index contributed by atoms with van der Waals surface area (Å²) < 4.78 is 19.3. The number of ether oxygens (including phenoxy) is 3. The average molecular weight is 1120 g/mol. The zero-order valence-electron chi connectivity index (χ0n) is 51.9. The first-order valence-electron chi connectivity index (χ1n) is 31.7. The number of nitrogens with two attached hydrogens (primary N) is 1. The summed E-state index contributed by atoms with van der Waals surface area (Å²) in [7, 11) is 3.93. The van der Waals surface area contributed by atoms with Gasteiger partial charge in [-0.15, -0.1) is 0 Å². The predicted octanol–water partition coefficient (Wildman–Crippen LogP) is 10.2. The number of nitrogens with zero attached hydrogens (tertiary/aromatic N) is 7. The van der Waals surface area contributed by atoms with Crippen LogP contribution in [-0.4, -0.2) is 164 Å². The fourth-order valence-electron chi connectivity index (χ4n) is 14.7. The summed E-state index contributed by atoms with van der Waals surface area (Å²) in [6.45, 7) is 30.7. The van der Waals surface area contributed by atoms with Crippen LogP contribution in [0.15, 0.2) is 42.6 Å². The van der Waals surface area contributed by atoms with Gasteiger partial charge in [0.2, 0.25) is 11.8 Å². The van der Waals surface area contributed by atoms with Gasteiger partial charge >= 0.3 is 0 Å². The van der Waals surface area contributed by atoms with E-state index in [9.17, 15) is 14.4 Å². The second-order valence-corrected chi connectivity index (χ2v) is 26.4. The van der Waals surface area contributed by atoms with E-state index in [0.717, 1.165) is 128 Å². The molecule has 4 saturated heterocycles. The molecule has 3 aromatic rings. The summed E-state index contributed by atoms with van der Waals surface area (Å²) in [5.41, 5.74) is 14.5. The van der Waals surface area contributed by atoms with E-state index in [2.05, 4.69) is 116 Å². The maximum absolute atomic E-state index is 14.7. The number of rotatable bonds is 22. The van der Waals surface area contributed by atoms with Crippen LogP contribution in [-0.2, 0) is 41.6 Å². The number of carbonyl (C=O) groups is 3. The summed E-state index contributed by atoms with van der Waals surface area (Å²) in [6.07, 6.45) is 21.4. The Morgan fingerprint density at radius 3 is 2.22 bits per heavy atom. The highest BCUT2D eigenvalue weighted by molar-refractivity contribution is 5.95. The maximum Gasteiger partial charge on any atom is 0.293 e. The molecule has 0 radical (unpaired) electrons. The zero-order chi connectivity index (χ0) is 58.0. The Bertz CT molecular complexity index is 2540. The van der Waals surface area contributed by atoms with Crippen LogP contribution in [0.5, 0.6) is 0 Å². The van der Waals surface area contributed by atoms with E-state index in [1.54, 1.807) is 12.0 Å². The van der Waals surface area contributed by atoms with Gasteiger partial charge in [-0.1, -0.05) is 54.0 Å². The number of carbonyl (C=O) groups excluding carboxylic acids is 3. The minimum atomic E-state index is -0.673. The molecule has 1 aromatic carbocycles. The van der Waals surface area contributed by atoms with Crippen molar-refractivity contribution in [1.29, 1.82) is 0 Å². The van der Waals surface area contributed by atoms with E-state index < -0.39 is 12.2 Å². The summed E-state index contributed by atoms with van der Waals surface area (Å²) in [4.78, 5) is 57.1. The van der Waals surface area contributed by atoms with Crippen LogP contribution in [0.2, 0.25) is 0 Å². The van der Waals surface area contributed by atoms with Crippen molar-refractivity contribution in [1.82, 2.24) is 34.5 Å². The molecular weight excluding hydrogens is 1010 g/mol. The third kappa shape index (κ3) is 15.1. The van der Waals surface area contributed by atoms with Crippen LogP contribution in [0.3, 0.4) is 0 Å². The predicted molar refractivity (Wildman–Crippen MR) is 327 cm³/mol. The van der Waals surface area contributed by atoms with Crippen molar-refractivity contribution in [3.05, 3.63) is 59.4 Å². The van der Waals surface area contributed by atoms with Gasteiger partial charge in [-0.3, -0.25) is 24.3 Å². The monoisotopic (exact) mass is 1120 g/mol. The molecule has 2 aromatic heterocycles. The summed E-state index contributed by atoms with van der Waals surface area (Å²) in [5.74, 6) is 0.406. The highest BCUT2D eigenvalue weighted by Crippen LogP contribution is 2.47. The quantitative estimate of drug-likeness (QED) is 0.0728. The van der Waals surface area contributed by atoms with Crippen molar-refractivity contribution in [2.24, 2.45) is 34.3 Å². The van der Waals surface area contributed by atoms with Crippen molar-refractivity contribution >= 4 is 34.9 Å². The molecule has 5 atom stereocenters. The number of likely N-dealkylation sites (tertiary alicyclic amines) is 2. The van der Waals surface area contributed by atoms with Crippen molar-refractivity contribution < 1.29 is 28.6 Å². The number of piperidine rings is 1. The number of aromatic nitrogens is 2. The number of amides is 2. The second-order valence-electron chi connectivity index (χ2n) is 26.4. The van der Waals surface area contributed by atoms with E-state index in [4.69, 9.17) is 24.9 Å². The molecule has 2 saturated carbocycles. The third-order valence-corrected chi connectivity index (χ3v) is 19.1. The van der Waals surface area contributed by atoms with E-state index in [1.165, 1.54) is 76.7 Å². The molecule has 450 valence electrons. The molecule has 15 heteroatoms. The Hall–Kier alpha value is -4.38. The van der Waals surface area contributed by atoms with Crippen LogP contribution in [0.25, 0.3) is 22.2 Å². The smallest absolute Gasteiger partial charge is 0.293 e. The number of nitrogens with one attached hydrogen (secondary N) is 1. The van der Waals surface area contributed by atoms with Crippen molar-refractivity contribution in [3.63, 3.8) is 0 Å². The van der Waals surface area contributed by atoms with Crippen LogP contribution < -0.4 is 16.0 Å². The number of hydrogen-bond acceptors (Lipinski definition) is 12. The molecule has 6 fully saturated rings. The van der Waals surface area contributed by atoms with Crippen molar-refractivity contribution in [2.45, 2.75) is 195 Å².